The summed E-state index contributed by atoms with van der Waals surface area (Å²) in [5.74, 6) is -4.44. The molecule has 0 aromatic heterocycles. The molecule has 0 fully saturated rings. The Morgan fingerprint density at radius 1 is 1.05 bits per heavy atom. The minimum atomic E-state index is -1.48. The highest BCUT2D eigenvalue weighted by atomic mass is 16.5. The van der Waals surface area contributed by atoms with Gasteiger partial charge in [0.1, 0.15) is 0 Å². The largest absolute Gasteiger partial charge is 0.481 e. The number of esters is 2. The molecule has 6 nitrogen and oxygen atoms in total. The molecule has 0 aromatic rings. The van der Waals surface area contributed by atoms with Crippen LogP contribution in [0.4, 0.5) is 0 Å². The molecule has 0 aliphatic heterocycles. The van der Waals surface area contributed by atoms with Gasteiger partial charge in [-0.3, -0.25) is 14.4 Å². The van der Waals surface area contributed by atoms with Crippen LogP contribution in [0.2, 0.25) is 0 Å². The number of carbonyl (C=O) groups is 3. The molecule has 0 bridgehead atoms. The number of unbranched alkanes of at least 4 members (excludes halogenated alkanes) is 3. The lowest BCUT2D eigenvalue weighted by molar-refractivity contribution is -0.164. The first-order valence-electron chi connectivity index (χ1n) is 6.57. The van der Waals surface area contributed by atoms with Gasteiger partial charge in [-0.15, -0.1) is 0 Å². The van der Waals surface area contributed by atoms with Crippen LogP contribution in [0.25, 0.3) is 0 Å². The summed E-state index contributed by atoms with van der Waals surface area (Å²) in [6, 6.07) is 0. The third-order valence-corrected chi connectivity index (χ3v) is 2.50. The van der Waals surface area contributed by atoms with Crippen LogP contribution in [0, 0.1) is 5.92 Å². The summed E-state index contributed by atoms with van der Waals surface area (Å²) in [6.07, 6.45) is 3.25. The van der Waals surface area contributed by atoms with E-state index in [1.807, 2.05) is 0 Å². The molecular weight excluding hydrogens is 252 g/mol. The normalized spacial score (nSPS) is 11.7. The molecule has 0 aliphatic carbocycles. The van der Waals surface area contributed by atoms with Crippen molar-refractivity contribution in [3.8, 4) is 0 Å². The fraction of sp³-hybridized carbons (Fsp3) is 0.769. The maximum atomic E-state index is 11.5. The van der Waals surface area contributed by atoms with Gasteiger partial charge in [0, 0.05) is 0 Å². The highest BCUT2D eigenvalue weighted by Gasteiger charge is 2.31. The SMILES string of the molecule is CCCCCCOC(=O)C(CC(=O)OCC)C(=O)O. The Morgan fingerprint density at radius 2 is 1.74 bits per heavy atom. The Bertz CT molecular complexity index is 300. The molecule has 0 rings (SSSR count). The highest BCUT2D eigenvalue weighted by molar-refractivity contribution is 5.97. The van der Waals surface area contributed by atoms with E-state index < -0.39 is 30.2 Å². The molecule has 0 radical (unpaired) electrons. The van der Waals surface area contributed by atoms with Crippen LogP contribution in [0.3, 0.4) is 0 Å². The predicted molar refractivity (Wildman–Crippen MR) is 67.5 cm³/mol. The number of carboxylic acids is 1. The average molecular weight is 274 g/mol. The number of carbonyl (C=O) groups excluding carboxylic acids is 2. The second-order valence-electron chi connectivity index (χ2n) is 4.13. The molecule has 0 saturated heterocycles. The van der Waals surface area contributed by atoms with E-state index in [0.717, 1.165) is 19.3 Å². The van der Waals surface area contributed by atoms with Crippen molar-refractivity contribution in [2.75, 3.05) is 13.2 Å². The quantitative estimate of drug-likeness (QED) is 0.371. The third kappa shape index (κ3) is 8.18. The lowest BCUT2D eigenvalue weighted by Gasteiger charge is -2.11. The summed E-state index contributed by atoms with van der Waals surface area (Å²) in [4.78, 5) is 33.6. The van der Waals surface area contributed by atoms with E-state index in [1.54, 1.807) is 6.92 Å². The van der Waals surface area contributed by atoms with E-state index in [-0.39, 0.29) is 13.2 Å². The molecule has 1 atom stereocenters. The van der Waals surface area contributed by atoms with E-state index in [9.17, 15) is 14.4 Å². The minimum absolute atomic E-state index is 0.150. The van der Waals surface area contributed by atoms with Crippen molar-refractivity contribution in [3.05, 3.63) is 0 Å². The van der Waals surface area contributed by atoms with Crippen molar-refractivity contribution in [3.63, 3.8) is 0 Å². The topological polar surface area (TPSA) is 89.9 Å². The Kier molecular flexibility index (Phi) is 9.48. The molecule has 1 N–H and O–H groups in total. The molecule has 0 aromatic carbocycles. The number of hydrogen-bond acceptors (Lipinski definition) is 5. The van der Waals surface area contributed by atoms with Gasteiger partial charge in [-0.05, 0) is 13.3 Å². The van der Waals surface area contributed by atoms with Gasteiger partial charge in [0.05, 0.1) is 19.6 Å². The Hall–Kier alpha value is -1.59. The van der Waals surface area contributed by atoms with E-state index in [4.69, 9.17) is 9.84 Å². The molecule has 0 amide bonds. The van der Waals surface area contributed by atoms with Gasteiger partial charge in [0.25, 0.3) is 0 Å². The van der Waals surface area contributed by atoms with Crippen LogP contribution in [-0.2, 0) is 23.9 Å². The summed E-state index contributed by atoms with van der Waals surface area (Å²) in [5.41, 5.74) is 0. The minimum Gasteiger partial charge on any atom is -0.481 e. The number of hydrogen-bond donors (Lipinski definition) is 1. The molecule has 110 valence electrons. The first-order chi connectivity index (χ1) is 9.02. The second kappa shape index (κ2) is 10.3. The highest BCUT2D eigenvalue weighted by Crippen LogP contribution is 2.09. The summed E-state index contributed by atoms with van der Waals surface area (Å²) in [7, 11) is 0. The smallest absolute Gasteiger partial charge is 0.320 e. The molecule has 0 aliphatic rings. The predicted octanol–water partition coefficient (Wildman–Crippen LogP) is 1.76. The number of rotatable bonds is 10. The number of aliphatic carboxylic acids is 1. The average Bonchev–Trinajstić information content (AvgIpc) is 2.35. The summed E-state index contributed by atoms with van der Waals surface area (Å²) < 4.78 is 9.48. The van der Waals surface area contributed by atoms with Crippen LogP contribution < -0.4 is 0 Å². The standard InChI is InChI=1S/C13H22O6/c1-3-5-6-7-8-19-13(17)10(12(15)16)9-11(14)18-4-2/h10H,3-9H2,1-2H3,(H,15,16). The van der Waals surface area contributed by atoms with Crippen LogP contribution in [0.1, 0.15) is 46.0 Å². The van der Waals surface area contributed by atoms with Crippen molar-refractivity contribution in [1.82, 2.24) is 0 Å². The van der Waals surface area contributed by atoms with Gasteiger partial charge in [0.15, 0.2) is 5.92 Å². The Balaban J connectivity index is 4.12. The fourth-order valence-corrected chi connectivity index (χ4v) is 1.46. The first kappa shape index (κ1) is 17.4. The van der Waals surface area contributed by atoms with Crippen LogP contribution in [0.5, 0.6) is 0 Å². The van der Waals surface area contributed by atoms with Crippen molar-refractivity contribution < 1.29 is 29.0 Å². The lowest BCUT2D eigenvalue weighted by Crippen LogP contribution is -2.29. The molecular formula is C13H22O6. The molecule has 19 heavy (non-hydrogen) atoms. The monoisotopic (exact) mass is 274 g/mol. The van der Waals surface area contributed by atoms with Crippen molar-refractivity contribution in [2.45, 2.75) is 46.0 Å². The van der Waals surface area contributed by atoms with Crippen molar-refractivity contribution in [2.24, 2.45) is 5.92 Å². The van der Waals surface area contributed by atoms with E-state index in [0.29, 0.717) is 6.42 Å². The first-order valence-corrected chi connectivity index (χ1v) is 6.57. The third-order valence-electron chi connectivity index (χ3n) is 2.50. The molecule has 0 heterocycles. The maximum Gasteiger partial charge on any atom is 0.320 e. The van der Waals surface area contributed by atoms with Gasteiger partial charge in [-0.1, -0.05) is 26.2 Å². The molecule has 1 unspecified atom stereocenters. The van der Waals surface area contributed by atoms with Crippen LogP contribution in [-0.4, -0.2) is 36.2 Å². The van der Waals surface area contributed by atoms with Gasteiger partial charge in [-0.2, -0.15) is 0 Å². The summed E-state index contributed by atoms with van der Waals surface area (Å²) in [6.45, 7) is 4.01. The molecule has 6 heteroatoms. The van der Waals surface area contributed by atoms with Gasteiger partial charge >= 0.3 is 17.9 Å². The number of ether oxygens (including phenoxy) is 2. The maximum absolute atomic E-state index is 11.5. The fourth-order valence-electron chi connectivity index (χ4n) is 1.46. The van der Waals surface area contributed by atoms with Crippen LogP contribution >= 0.6 is 0 Å². The summed E-state index contributed by atoms with van der Waals surface area (Å²) in [5, 5.41) is 8.89. The van der Waals surface area contributed by atoms with Gasteiger partial charge < -0.3 is 14.6 Å². The zero-order chi connectivity index (χ0) is 14.7. The molecule has 0 spiro atoms. The summed E-state index contributed by atoms with van der Waals surface area (Å²) >= 11 is 0. The number of carboxylic acid groups (broad SMARTS) is 1. The lowest BCUT2D eigenvalue weighted by atomic mass is 10.1. The van der Waals surface area contributed by atoms with E-state index in [1.165, 1.54) is 0 Å². The Morgan fingerprint density at radius 3 is 2.26 bits per heavy atom. The van der Waals surface area contributed by atoms with Crippen molar-refractivity contribution >= 4 is 17.9 Å². The molecule has 0 saturated carbocycles. The van der Waals surface area contributed by atoms with E-state index in [2.05, 4.69) is 11.7 Å². The van der Waals surface area contributed by atoms with E-state index >= 15 is 0 Å². The second-order valence-corrected chi connectivity index (χ2v) is 4.13. The zero-order valence-electron chi connectivity index (χ0n) is 11.5. The van der Waals surface area contributed by atoms with Crippen LogP contribution in [0.15, 0.2) is 0 Å². The zero-order valence-corrected chi connectivity index (χ0v) is 11.5. The van der Waals surface area contributed by atoms with Gasteiger partial charge in [-0.25, -0.2) is 0 Å². The van der Waals surface area contributed by atoms with Crippen molar-refractivity contribution in [1.29, 1.82) is 0 Å². The van der Waals surface area contributed by atoms with Gasteiger partial charge in [0.2, 0.25) is 0 Å². The Labute approximate surface area is 113 Å².